The summed E-state index contributed by atoms with van der Waals surface area (Å²) < 4.78 is 5.12. The molecule has 1 atom stereocenters. The van der Waals surface area contributed by atoms with E-state index < -0.39 is 0 Å². The molecule has 1 unspecified atom stereocenters. The maximum atomic E-state index is 11.9. The molecule has 0 saturated carbocycles. The Hall–Kier alpha value is -1.62. The Morgan fingerprint density at radius 3 is 2.91 bits per heavy atom. The van der Waals surface area contributed by atoms with E-state index in [1.165, 1.54) is 5.56 Å². The van der Waals surface area contributed by atoms with Crippen molar-refractivity contribution in [3.05, 3.63) is 35.9 Å². The van der Waals surface area contributed by atoms with Crippen molar-refractivity contribution in [1.29, 1.82) is 0 Å². The van der Waals surface area contributed by atoms with Gasteiger partial charge in [0, 0.05) is 19.6 Å². The van der Waals surface area contributed by atoms with Gasteiger partial charge >= 0.3 is 5.97 Å². The van der Waals surface area contributed by atoms with Gasteiger partial charge in [-0.1, -0.05) is 30.3 Å². The van der Waals surface area contributed by atoms with Gasteiger partial charge in [-0.25, -0.2) is 0 Å². The summed E-state index contributed by atoms with van der Waals surface area (Å²) in [6.07, 6.45) is 2.81. The van der Waals surface area contributed by atoms with E-state index in [4.69, 9.17) is 17.0 Å². The van der Waals surface area contributed by atoms with E-state index in [0.29, 0.717) is 13.2 Å². The monoisotopic (exact) mass is 320 g/mol. The van der Waals surface area contributed by atoms with Crippen molar-refractivity contribution in [3.8, 4) is 0 Å². The third-order valence-corrected chi connectivity index (χ3v) is 4.26. The summed E-state index contributed by atoms with van der Waals surface area (Å²) in [6.45, 7) is 4.66. The zero-order valence-electron chi connectivity index (χ0n) is 13.1. The third-order valence-electron chi connectivity index (χ3n) is 3.86. The van der Waals surface area contributed by atoms with Crippen LogP contribution in [0.25, 0.3) is 0 Å². The van der Waals surface area contributed by atoms with Gasteiger partial charge in [-0.2, -0.15) is 0 Å². The topological polar surface area (TPSA) is 41.6 Å². The van der Waals surface area contributed by atoms with Crippen molar-refractivity contribution in [1.82, 2.24) is 10.2 Å². The number of nitrogens with zero attached hydrogens (tertiary/aromatic N) is 1. The van der Waals surface area contributed by atoms with E-state index in [-0.39, 0.29) is 11.9 Å². The van der Waals surface area contributed by atoms with Gasteiger partial charge in [-0.05, 0) is 44.0 Å². The zero-order valence-corrected chi connectivity index (χ0v) is 13.9. The number of carbonyl (C=O) groups is 1. The second kappa shape index (κ2) is 8.73. The number of esters is 1. The van der Waals surface area contributed by atoms with E-state index in [2.05, 4.69) is 22.3 Å². The maximum absolute atomic E-state index is 11.9. The van der Waals surface area contributed by atoms with Gasteiger partial charge in [-0.15, -0.1) is 0 Å². The van der Waals surface area contributed by atoms with Crippen molar-refractivity contribution >= 4 is 23.3 Å². The van der Waals surface area contributed by atoms with Gasteiger partial charge in [0.2, 0.25) is 0 Å². The van der Waals surface area contributed by atoms with Gasteiger partial charge in [0.1, 0.15) is 0 Å². The van der Waals surface area contributed by atoms with E-state index in [0.717, 1.165) is 37.5 Å². The van der Waals surface area contributed by atoms with Crippen LogP contribution in [0.4, 0.5) is 0 Å². The molecule has 1 heterocycles. The molecular formula is C17H24N2O2S. The first-order valence-corrected chi connectivity index (χ1v) is 8.35. The average Bonchev–Trinajstić information content (AvgIpc) is 2.56. The fourth-order valence-electron chi connectivity index (χ4n) is 2.68. The Balaban J connectivity index is 1.75. The SMILES string of the molecule is CCOC(=O)C1CCCN(C(=S)NCCc2ccccc2)C1. The number of nitrogens with one attached hydrogen (secondary N) is 1. The standard InChI is InChI=1S/C17H24N2O2S/c1-2-21-16(20)15-9-6-12-19(13-15)17(22)18-11-10-14-7-4-3-5-8-14/h3-5,7-8,15H,2,6,9-13H2,1H3,(H,18,22). The Morgan fingerprint density at radius 1 is 1.41 bits per heavy atom. The van der Waals surface area contributed by atoms with E-state index in [1.54, 1.807) is 0 Å². The fourth-order valence-corrected chi connectivity index (χ4v) is 2.95. The summed E-state index contributed by atoms with van der Waals surface area (Å²) in [5, 5.41) is 4.04. The minimum atomic E-state index is -0.0979. The number of ether oxygens (including phenoxy) is 1. The van der Waals surface area contributed by atoms with Gasteiger partial charge in [0.25, 0.3) is 0 Å². The summed E-state index contributed by atoms with van der Waals surface area (Å²) in [4.78, 5) is 13.9. The molecular weight excluding hydrogens is 296 g/mol. The predicted molar refractivity (Wildman–Crippen MR) is 91.7 cm³/mol. The molecule has 0 aromatic heterocycles. The first-order valence-electron chi connectivity index (χ1n) is 7.94. The largest absolute Gasteiger partial charge is 0.466 e. The molecule has 1 N–H and O–H groups in total. The lowest BCUT2D eigenvalue weighted by molar-refractivity contribution is -0.149. The van der Waals surface area contributed by atoms with Gasteiger partial charge < -0.3 is 15.0 Å². The summed E-state index contributed by atoms with van der Waals surface area (Å²) >= 11 is 5.46. The van der Waals surface area contributed by atoms with Crippen LogP contribution in [-0.2, 0) is 16.0 Å². The number of thiocarbonyl (C=S) groups is 1. The van der Waals surface area contributed by atoms with Gasteiger partial charge in [0.05, 0.1) is 12.5 Å². The Morgan fingerprint density at radius 2 is 2.18 bits per heavy atom. The number of benzene rings is 1. The van der Waals surface area contributed by atoms with Crippen LogP contribution >= 0.6 is 12.2 Å². The van der Waals surface area contributed by atoms with Gasteiger partial charge in [0.15, 0.2) is 5.11 Å². The molecule has 1 aliphatic rings. The summed E-state index contributed by atoms with van der Waals surface area (Å²) in [5.74, 6) is -0.151. The highest BCUT2D eigenvalue weighted by atomic mass is 32.1. The highest BCUT2D eigenvalue weighted by Gasteiger charge is 2.27. The minimum absolute atomic E-state index is 0.0532. The summed E-state index contributed by atoms with van der Waals surface area (Å²) in [6, 6.07) is 10.3. The van der Waals surface area contributed by atoms with Crippen LogP contribution in [0, 0.1) is 5.92 Å². The number of rotatable bonds is 5. The summed E-state index contributed by atoms with van der Waals surface area (Å²) in [7, 11) is 0. The molecule has 0 spiro atoms. The molecule has 120 valence electrons. The van der Waals surface area contributed by atoms with E-state index in [9.17, 15) is 4.79 Å². The van der Waals surface area contributed by atoms with Gasteiger partial charge in [-0.3, -0.25) is 4.79 Å². The van der Waals surface area contributed by atoms with Crippen LogP contribution in [0.3, 0.4) is 0 Å². The van der Waals surface area contributed by atoms with Crippen molar-refractivity contribution in [2.75, 3.05) is 26.2 Å². The first kappa shape index (κ1) is 16.7. The number of likely N-dealkylation sites (tertiary alicyclic amines) is 1. The van der Waals surface area contributed by atoms with Crippen LogP contribution in [0.2, 0.25) is 0 Å². The second-order valence-electron chi connectivity index (χ2n) is 5.50. The zero-order chi connectivity index (χ0) is 15.8. The van der Waals surface area contributed by atoms with Crippen LogP contribution in [-0.4, -0.2) is 42.2 Å². The quantitative estimate of drug-likeness (QED) is 0.666. The Labute approximate surface area is 137 Å². The lowest BCUT2D eigenvalue weighted by atomic mass is 9.98. The predicted octanol–water partition coefficient (Wildman–Crippen LogP) is 2.38. The molecule has 1 fully saturated rings. The fraction of sp³-hybridized carbons (Fsp3) is 0.529. The van der Waals surface area contributed by atoms with Crippen molar-refractivity contribution in [2.45, 2.75) is 26.2 Å². The minimum Gasteiger partial charge on any atom is -0.466 e. The molecule has 2 rings (SSSR count). The number of hydrogen-bond acceptors (Lipinski definition) is 3. The highest BCUT2D eigenvalue weighted by Crippen LogP contribution is 2.18. The Bertz CT molecular complexity index is 493. The van der Waals surface area contributed by atoms with Crippen molar-refractivity contribution in [2.24, 2.45) is 5.92 Å². The molecule has 0 aliphatic carbocycles. The van der Waals surface area contributed by atoms with Crippen LogP contribution in [0.15, 0.2) is 30.3 Å². The van der Waals surface area contributed by atoms with E-state index >= 15 is 0 Å². The average molecular weight is 320 g/mol. The van der Waals surface area contributed by atoms with Crippen molar-refractivity contribution in [3.63, 3.8) is 0 Å². The number of hydrogen-bond donors (Lipinski definition) is 1. The molecule has 0 radical (unpaired) electrons. The molecule has 4 nitrogen and oxygen atoms in total. The van der Waals surface area contributed by atoms with Crippen LogP contribution < -0.4 is 5.32 Å². The molecule has 1 aromatic rings. The highest BCUT2D eigenvalue weighted by molar-refractivity contribution is 7.80. The first-order chi connectivity index (χ1) is 10.7. The van der Waals surface area contributed by atoms with Crippen LogP contribution in [0.5, 0.6) is 0 Å². The molecule has 0 amide bonds. The lowest BCUT2D eigenvalue weighted by Crippen LogP contribution is -2.47. The normalized spacial score (nSPS) is 17.9. The van der Waals surface area contributed by atoms with Crippen LogP contribution in [0.1, 0.15) is 25.3 Å². The lowest BCUT2D eigenvalue weighted by Gasteiger charge is -2.33. The Kier molecular flexibility index (Phi) is 6.65. The molecule has 5 heteroatoms. The summed E-state index contributed by atoms with van der Waals surface area (Å²) in [5.41, 5.74) is 1.29. The smallest absolute Gasteiger partial charge is 0.310 e. The number of carbonyl (C=O) groups excluding carboxylic acids is 1. The molecule has 0 bridgehead atoms. The number of piperidine rings is 1. The molecule has 1 aliphatic heterocycles. The maximum Gasteiger partial charge on any atom is 0.310 e. The van der Waals surface area contributed by atoms with E-state index in [1.807, 2.05) is 25.1 Å². The van der Waals surface area contributed by atoms with Crippen molar-refractivity contribution < 1.29 is 9.53 Å². The third kappa shape index (κ3) is 4.98. The molecule has 1 saturated heterocycles. The second-order valence-corrected chi connectivity index (χ2v) is 5.89. The molecule has 1 aromatic carbocycles. The molecule has 22 heavy (non-hydrogen) atoms.